The number of carbonyl (C=O) groups excluding carboxylic acids is 1. The van der Waals surface area contributed by atoms with Crippen molar-refractivity contribution in [3.63, 3.8) is 0 Å². The van der Waals surface area contributed by atoms with Gasteiger partial charge in [0, 0.05) is 30.9 Å². The fourth-order valence-corrected chi connectivity index (χ4v) is 1.92. The number of benzene rings is 1. The SMILES string of the molecule is CC(C)(C)OC(=O)NCc1ccc(Oc2cc(O)c(C#N)c(F)c2)nc1. The van der Waals surface area contributed by atoms with Crippen LogP contribution in [0, 0.1) is 17.1 Å². The highest BCUT2D eigenvalue weighted by Crippen LogP contribution is 2.28. The van der Waals surface area contributed by atoms with E-state index in [0.29, 0.717) is 5.56 Å². The number of halogens is 1. The van der Waals surface area contributed by atoms with Gasteiger partial charge in [-0.1, -0.05) is 6.07 Å². The van der Waals surface area contributed by atoms with Crippen LogP contribution in [0.1, 0.15) is 31.9 Å². The lowest BCUT2D eigenvalue weighted by Gasteiger charge is -2.19. The van der Waals surface area contributed by atoms with Gasteiger partial charge in [-0.3, -0.25) is 0 Å². The molecule has 8 heteroatoms. The second-order valence-electron chi connectivity index (χ2n) is 6.37. The molecular weight excluding hydrogens is 341 g/mol. The number of hydrogen-bond donors (Lipinski definition) is 2. The third-order valence-corrected chi connectivity index (χ3v) is 3.01. The summed E-state index contributed by atoms with van der Waals surface area (Å²) in [5, 5.41) is 20.9. The second kappa shape index (κ2) is 7.70. The summed E-state index contributed by atoms with van der Waals surface area (Å²) in [6.07, 6.45) is 0.938. The van der Waals surface area contributed by atoms with Crippen molar-refractivity contribution in [2.75, 3.05) is 0 Å². The third kappa shape index (κ3) is 5.34. The Labute approximate surface area is 150 Å². The lowest BCUT2D eigenvalue weighted by Crippen LogP contribution is -2.32. The minimum absolute atomic E-state index is 0.00568. The first-order valence-corrected chi connectivity index (χ1v) is 7.70. The average molecular weight is 359 g/mol. The molecule has 0 aliphatic rings. The summed E-state index contributed by atoms with van der Waals surface area (Å²) in [6.45, 7) is 5.52. The number of aromatic hydroxyl groups is 1. The molecule has 26 heavy (non-hydrogen) atoms. The minimum Gasteiger partial charge on any atom is -0.506 e. The Morgan fingerprint density at radius 1 is 1.38 bits per heavy atom. The van der Waals surface area contributed by atoms with E-state index >= 15 is 0 Å². The Hall–Kier alpha value is -3.34. The Morgan fingerprint density at radius 3 is 2.65 bits per heavy atom. The zero-order valence-corrected chi connectivity index (χ0v) is 14.5. The van der Waals surface area contributed by atoms with E-state index in [1.165, 1.54) is 12.3 Å². The van der Waals surface area contributed by atoms with Crippen molar-refractivity contribution in [1.82, 2.24) is 10.3 Å². The Morgan fingerprint density at radius 2 is 2.12 bits per heavy atom. The lowest BCUT2D eigenvalue weighted by atomic mass is 10.2. The lowest BCUT2D eigenvalue weighted by molar-refractivity contribution is 0.0523. The van der Waals surface area contributed by atoms with Crippen molar-refractivity contribution in [3.8, 4) is 23.4 Å². The summed E-state index contributed by atoms with van der Waals surface area (Å²) in [5.41, 5.74) is -0.326. The van der Waals surface area contributed by atoms with Gasteiger partial charge in [-0.25, -0.2) is 14.2 Å². The number of phenols is 1. The van der Waals surface area contributed by atoms with Gasteiger partial charge in [-0.2, -0.15) is 5.26 Å². The van der Waals surface area contributed by atoms with E-state index in [2.05, 4.69) is 10.3 Å². The molecule has 1 aromatic heterocycles. The molecule has 7 nitrogen and oxygen atoms in total. The second-order valence-corrected chi connectivity index (χ2v) is 6.37. The predicted molar refractivity (Wildman–Crippen MR) is 90.2 cm³/mol. The first-order valence-electron chi connectivity index (χ1n) is 7.70. The summed E-state index contributed by atoms with van der Waals surface area (Å²) < 4.78 is 24.1. The van der Waals surface area contributed by atoms with E-state index < -0.39 is 28.8 Å². The zero-order chi connectivity index (χ0) is 19.3. The normalized spacial score (nSPS) is 10.7. The molecule has 0 atom stereocenters. The van der Waals surface area contributed by atoms with E-state index in [-0.39, 0.29) is 18.2 Å². The van der Waals surface area contributed by atoms with Crippen LogP contribution in [0.5, 0.6) is 17.4 Å². The molecule has 0 saturated carbocycles. The number of amides is 1. The number of phenolic OH excluding ortho intramolecular Hbond substituents is 1. The van der Waals surface area contributed by atoms with E-state index in [1.54, 1.807) is 32.9 Å². The molecule has 0 saturated heterocycles. The number of alkyl carbamates (subject to hydrolysis) is 1. The first kappa shape index (κ1) is 19.0. The van der Waals surface area contributed by atoms with Crippen LogP contribution in [-0.2, 0) is 11.3 Å². The quantitative estimate of drug-likeness (QED) is 0.864. The smallest absolute Gasteiger partial charge is 0.407 e. The van der Waals surface area contributed by atoms with Crippen molar-refractivity contribution >= 4 is 6.09 Å². The maximum atomic E-state index is 13.6. The number of ether oxygens (including phenoxy) is 2. The topological polar surface area (TPSA) is 104 Å². The zero-order valence-electron chi connectivity index (χ0n) is 14.5. The van der Waals surface area contributed by atoms with Crippen LogP contribution in [0.25, 0.3) is 0 Å². The molecule has 0 bridgehead atoms. The fraction of sp³-hybridized carbons (Fsp3) is 0.278. The van der Waals surface area contributed by atoms with Gasteiger partial charge < -0.3 is 19.9 Å². The highest BCUT2D eigenvalue weighted by atomic mass is 19.1. The number of nitriles is 1. The van der Waals surface area contributed by atoms with Gasteiger partial charge in [-0.15, -0.1) is 0 Å². The number of rotatable bonds is 4. The number of nitrogens with zero attached hydrogens (tertiary/aromatic N) is 2. The maximum Gasteiger partial charge on any atom is 0.407 e. The van der Waals surface area contributed by atoms with E-state index in [4.69, 9.17) is 14.7 Å². The molecule has 0 unspecified atom stereocenters. The molecule has 136 valence electrons. The van der Waals surface area contributed by atoms with Crippen LogP contribution in [0.2, 0.25) is 0 Å². The summed E-state index contributed by atoms with van der Waals surface area (Å²) in [4.78, 5) is 15.6. The number of aromatic nitrogens is 1. The van der Waals surface area contributed by atoms with Crippen molar-refractivity contribution in [2.45, 2.75) is 32.9 Å². The molecule has 0 aliphatic carbocycles. The molecule has 1 amide bonds. The van der Waals surface area contributed by atoms with E-state index in [0.717, 1.165) is 12.1 Å². The molecule has 1 heterocycles. The van der Waals surface area contributed by atoms with Gasteiger partial charge in [0.15, 0.2) is 0 Å². The molecular formula is C18H18FN3O4. The van der Waals surface area contributed by atoms with Crippen molar-refractivity contribution in [2.24, 2.45) is 0 Å². The highest BCUT2D eigenvalue weighted by Gasteiger charge is 2.16. The van der Waals surface area contributed by atoms with Crippen LogP contribution >= 0.6 is 0 Å². The van der Waals surface area contributed by atoms with Crippen molar-refractivity contribution in [3.05, 3.63) is 47.4 Å². The molecule has 0 fully saturated rings. The average Bonchev–Trinajstić information content (AvgIpc) is 2.52. The van der Waals surface area contributed by atoms with E-state index in [1.807, 2.05) is 0 Å². The van der Waals surface area contributed by atoms with Crippen molar-refractivity contribution in [1.29, 1.82) is 5.26 Å². The summed E-state index contributed by atoms with van der Waals surface area (Å²) >= 11 is 0. The van der Waals surface area contributed by atoms with Gasteiger partial charge in [-0.05, 0) is 26.3 Å². The minimum atomic E-state index is -0.888. The molecule has 0 aliphatic heterocycles. The summed E-state index contributed by atoms with van der Waals surface area (Å²) in [5.74, 6) is -1.23. The fourth-order valence-electron chi connectivity index (χ4n) is 1.92. The van der Waals surface area contributed by atoms with Crippen LogP contribution in [0.4, 0.5) is 9.18 Å². The molecule has 0 spiro atoms. The number of nitrogens with one attached hydrogen (secondary N) is 1. The third-order valence-electron chi connectivity index (χ3n) is 3.01. The number of pyridine rings is 1. The Kier molecular flexibility index (Phi) is 5.62. The van der Waals surface area contributed by atoms with Gasteiger partial charge in [0.2, 0.25) is 5.88 Å². The van der Waals surface area contributed by atoms with E-state index in [9.17, 15) is 14.3 Å². The number of hydrogen-bond acceptors (Lipinski definition) is 6. The maximum absolute atomic E-state index is 13.6. The van der Waals surface area contributed by atoms with Gasteiger partial charge in [0.05, 0.1) is 0 Å². The first-order chi connectivity index (χ1) is 12.2. The Bertz CT molecular complexity index is 816. The standard InChI is InChI=1S/C18H18FN3O4/c1-18(2,3)26-17(24)22-10-11-4-5-16(21-9-11)25-12-6-14(19)13(8-20)15(23)7-12/h4-7,9,23H,10H2,1-3H3,(H,22,24). The van der Waals surface area contributed by atoms with Crippen LogP contribution in [0.3, 0.4) is 0 Å². The molecule has 2 rings (SSSR count). The van der Waals surface area contributed by atoms with Crippen LogP contribution in [0.15, 0.2) is 30.5 Å². The van der Waals surface area contributed by atoms with Crippen LogP contribution < -0.4 is 10.1 Å². The molecule has 2 aromatic rings. The highest BCUT2D eigenvalue weighted by molar-refractivity contribution is 5.67. The monoisotopic (exact) mass is 359 g/mol. The van der Waals surface area contributed by atoms with Gasteiger partial charge >= 0.3 is 6.09 Å². The Balaban J connectivity index is 1.98. The predicted octanol–water partition coefficient (Wildman–Crippen LogP) is 3.61. The van der Waals surface area contributed by atoms with Gasteiger partial charge in [0.25, 0.3) is 0 Å². The summed E-state index contributed by atoms with van der Waals surface area (Å²) in [7, 11) is 0. The van der Waals surface area contributed by atoms with Crippen molar-refractivity contribution < 1.29 is 23.8 Å². The number of carbonyl (C=O) groups is 1. The van der Waals surface area contributed by atoms with Gasteiger partial charge in [0.1, 0.15) is 34.5 Å². The molecule has 1 aromatic carbocycles. The summed E-state index contributed by atoms with van der Waals surface area (Å²) in [6, 6.07) is 6.86. The molecule has 2 N–H and O–H groups in total. The largest absolute Gasteiger partial charge is 0.506 e. The van der Waals surface area contributed by atoms with Crippen LogP contribution in [-0.4, -0.2) is 21.8 Å². The molecule has 0 radical (unpaired) electrons.